The van der Waals surface area contributed by atoms with E-state index in [0.29, 0.717) is 32.3 Å². The standard InChI is InChI=1S/C29H40O11/c1-16-8-11-35-18(17(2)31)6-4-5-7-21(32)38-19-12-20-29(15-37-29)26(19,3)27(14-36-25(34)22(16)33)9-10-28(13-30)24(40-28)23(27)39-20/h4-7,16-20,22-24,30-31,33H,8-15H2,1-3H3/b6-4+,7-5-/t16?,17?,18?,19-,20-,22?,23-,24+,26-,27-,28+,29?/m1/s1. The van der Waals surface area contributed by atoms with E-state index in [1.165, 1.54) is 6.08 Å². The molecule has 3 saturated heterocycles. The fourth-order valence-electron chi connectivity index (χ4n) is 7.84. The number of fused-ring (bicyclic) bond motifs is 2. The normalized spacial score (nSPS) is 52.7. The van der Waals surface area contributed by atoms with Crippen LogP contribution in [0, 0.1) is 16.7 Å². The van der Waals surface area contributed by atoms with Gasteiger partial charge in [-0.25, -0.2) is 9.59 Å². The number of epoxide rings is 2. The first kappa shape index (κ1) is 28.3. The minimum atomic E-state index is -1.38. The molecule has 12 atom stereocenters. The molecule has 40 heavy (non-hydrogen) atoms. The SMILES string of the molecule is CC(O)C1/C=C/C=C\C(=O)O[C@@H]2C[C@H]3O[C@@H]4[C@@H]5O[C@]5(CO)CC[C@]4(COC(=O)C(O)C(C)CCO1)[C@]2(C)C31CO1. The van der Waals surface area contributed by atoms with Crippen molar-refractivity contribution < 1.29 is 53.3 Å². The maximum atomic E-state index is 13.2. The van der Waals surface area contributed by atoms with Gasteiger partial charge >= 0.3 is 11.9 Å². The van der Waals surface area contributed by atoms with Crippen LogP contribution in [-0.4, -0.2) is 108 Å². The summed E-state index contributed by atoms with van der Waals surface area (Å²) < 4.78 is 36.5. The Balaban J connectivity index is 1.36. The Morgan fingerprint density at radius 2 is 1.90 bits per heavy atom. The van der Waals surface area contributed by atoms with Gasteiger partial charge < -0.3 is 43.7 Å². The Morgan fingerprint density at radius 3 is 2.60 bits per heavy atom. The van der Waals surface area contributed by atoms with Gasteiger partial charge in [0, 0.05) is 24.5 Å². The lowest BCUT2D eigenvalue weighted by molar-refractivity contribution is -0.253. The predicted molar refractivity (Wildman–Crippen MR) is 137 cm³/mol. The first-order chi connectivity index (χ1) is 19.0. The monoisotopic (exact) mass is 564 g/mol. The van der Waals surface area contributed by atoms with Crippen molar-refractivity contribution in [2.75, 3.05) is 26.4 Å². The van der Waals surface area contributed by atoms with Gasteiger partial charge in [0.05, 0.1) is 36.9 Å². The maximum absolute atomic E-state index is 13.2. The van der Waals surface area contributed by atoms with Crippen LogP contribution in [0.2, 0.25) is 0 Å². The van der Waals surface area contributed by atoms with Crippen molar-refractivity contribution >= 4 is 11.9 Å². The first-order valence-electron chi connectivity index (χ1n) is 14.3. The third-order valence-corrected chi connectivity index (χ3v) is 10.7. The fourth-order valence-corrected chi connectivity index (χ4v) is 7.84. The van der Waals surface area contributed by atoms with Crippen molar-refractivity contribution in [3.8, 4) is 0 Å². The van der Waals surface area contributed by atoms with Crippen molar-refractivity contribution in [1.29, 1.82) is 0 Å². The Morgan fingerprint density at radius 1 is 1.12 bits per heavy atom. The average Bonchev–Trinajstić information content (AvgIpc) is 3.84. The van der Waals surface area contributed by atoms with E-state index in [2.05, 4.69) is 0 Å². The summed E-state index contributed by atoms with van der Waals surface area (Å²) in [4.78, 5) is 26.2. The van der Waals surface area contributed by atoms with Gasteiger partial charge in [-0.3, -0.25) is 0 Å². The van der Waals surface area contributed by atoms with E-state index in [4.69, 9.17) is 28.4 Å². The van der Waals surface area contributed by atoms with E-state index in [0.717, 1.165) is 0 Å². The summed E-state index contributed by atoms with van der Waals surface area (Å²) in [7, 11) is 0. The molecule has 0 aromatic heterocycles. The number of aliphatic hydroxyl groups is 3. The smallest absolute Gasteiger partial charge is 0.335 e. The number of allylic oxidation sites excluding steroid dienone is 2. The van der Waals surface area contributed by atoms with Crippen molar-refractivity contribution in [1.82, 2.24) is 0 Å². The largest absolute Gasteiger partial charge is 0.463 e. The number of hydrogen-bond acceptors (Lipinski definition) is 11. The molecule has 11 nitrogen and oxygen atoms in total. The Kier molecular flexibility index (Phi) is 6.97. The van der Waals surface area contributed by atoms with E-state index in [-0.39, 0.29) is 32.0 Å². The van der Waals surface area contributed by atoms with Gasteiger partial charge in [0.25, 0.3) is 0 Å². The highest BCUT2D eigenvalue weighted by atomic mass is 16.7. The van der Waals surface area contributed by atoms with Crippen molar-refractivity contribution in [2.24, 2.45) is 16.7 Å². The Bertz CT molecular complexity index is 1080. The second-order valence-electron chi connectivity index (χ2n) is 12.6. The number of carbonyl (C=O) groups is 2. The molecule has 0 aromatic rings. The third-order valence-electron chi connectivity index (χ3n) is 10.7. The zero-order valence-corrected chi connectivity index (χ0v) is 23.2. The fraction of sp³-hybridized carbons (Fsp3) is 0.793. The van der Waals surface area contributed by atoms with E-state index in [9.17, 15) is 24.9 Å². The van der Waals surface area contributed by atoms with E-state index < -0.39 is 70.4 Å². The van der Waals surface area contributed by atoms with Gasteiger partial charge in [-0.15, -0.1) is 0 Å². The van der Waals surface area contributed by atoms with Gasteiger partial charge in [-0.05, 0) is 32.1 Å². The van der Waals surface area contributed by atoms with Crippen LogP contribution in [0.3, 0.4) is 0 Å². The number of rotatable bonds is 2. The van der Waals surface area contributed by atoms with Gasteiger partial charge in [-0.2, -0.15) is 0 Å². The summed E-state index contributed by atoms with van der Waals surface area (Å²) in [6.07, 6.45) is 3.26. The number of ether oxygens (including phenoxy) is 6. The molecular weight excluding hydrogens is 524 g/mol. The summed E-state index contributed by atoms with van der Waals surface area (Å²) in [5, 5.41) is 31.0. The van der Waals surface area contributed by atoms with Crippen LogP contribution in [0.1, 0.15) is 46.5 Å². The molecule has 6 rings (SSSR count). The zero-order valence-electron chi connectivity index (χ0n) is 23.2. The molecule has 2 saturated carbocycles. The lowest BCUT2D eigenvalue weighted by Crippen LogP contribution is -2.69. The summed E-state index contributed by atoms with van der Waals surface area (Å²) in [5.41, 5.74) is -3.01. The van der Waals surface area contributed by atoms with Gasteiger partial charge in [0.1, 0.15) is 36.1 Å². The second kappa shape index (κ2) is 9.86. The van der Waals surface area contributed by atoms with Crippen LogP contribution >= 0.6 is 0 Å². The molecule has 5 fully saturated rings. The molecule has 2 spiro atoms. The highest BCUT2D eigenvalue weighted by Gasteiger charge is 2.87. The Hall–Kier alpha value is -1.86. The lowest BCUT2D eigenvalue weighted by atomic mass is 9.50. The van der Waals surface area contributed by atoms with Crippen molar-refractivity contribution in [3.05, 3.63) is 24.3 Å². The molecule has 4 aliphatic heterocycles. The van der Waals surface area contributed by atoms with E-state index in [1.807, 2.05) is 6.92 Å². The molecule has 4 heterocycles. The quantitative estimate of drug-likeness (QED) is 0.318. The molecule has 2 aliphatic carbocycles. The van der Waals surface area contributed by atoms with Crippen LogP contribution in [-0.2, 0) is 38.0 Å². The van der Waals surface area contributed by atoms with Gasteiger partial charge in [0.2, 0.25) is 0 Å². The van der Waals surface area contributed by atoms with Crippen LogP contribution in [0.25, 0.3) is 0 Å². The van der Waals surface area contributed by atoms with Gasteiger partial charge in [-0.1, -0.05) is 32.1 Å². The number of carbonyl (C=O) groups excluding carboxylic acids is 2. The van der Waals surface area contributed by atoms with E-state index >= 15 is 0 Å². The molecule has 222 valence electrons. The summed E-state index contributed by atoms with van der Waals surface area (Å²) in [6.45, 7) is 5.78. The van der Waals surface area contributed by atoms with Crippen LogP contribution in [0.15, 0.2) is 24.3 Å². The Labute approximate surface area is 233 Å². The molecular formula is C29H40O11. The number of esters is 2. The first-order valence-corrected chi connectivity index (χ1v) is 14.3. The van der Waals surface area contributed by atoms with Crippen molar-refractivity contribution in [2.45, 2.75) is 100 Å². The van der Waals surface area contributed by atoms with Gasteiger partial charge in [0.15, 0.2) is 6.10 Å². The molecule has 0 amide bonds. The maximum Gasteiger partial charge on any atom is 0.335 e. The van der Waals surface area contributed by atoms with Crippen molar-refractivity contribution in [3.63, 3.8) is 0 Å². The molecule has 2 bridgehead atoms. The highest BCUT2D eigenvalue weighted by molar-refractivity contribution is 5.82. The minimum Gasteiger partial charge on any atom is -0.463 e. The molecule has 0 aromatic carbocycles. The summed E-state index contributed by atoms with van der Waals surface area (Å²) in [6, 6.07) is 0. The summed E-state index contributed by atoms with van der Waals surface area (Å²) in [5.74, 6) is -1.75. The third kappa shape index (κ3) is 4.04. The topological polar surface area (TPSA) is 157 Å². The highest BCUT2D eigenvalue weighted by Crippen LogP contribution is 2.75. The van der Waals surface area contributed by atoms with Crippen LogP contribution in [0.4, 0.5) is 0 Å². The minimum absolute atomic E-state index is 0.0802. The van der Waals surface area contributed by atoms with Crippen LogP contribution < -0.4 is 0 Å². The van der Waals surface area contributed by atoms with E-state index in [1.54, 1.807) is 32.1 Å². The molecule has 11 heteroatoms. The molecule has 3 N–H and O–H groups in total. The zero-order chi connectivity index (χ0) is 28.5. The molecule has 0 radical (unpaired) electrons. The summed E-state index contributed by atoms with van der Waals surface area (Å²) >= 11 is 0. The predicted octanol–water partition coefficient (Wildman–Crippen LogP) is 0.577. The molecule has 5 unspecified atom stereocenters. The number of aliphatic hydroxyl groups excluding tert-OH is 3. The van der Waals surface area contributed by atoms with Crippen LogP contribution in [0.5, 0.6) is 0 Å². The molecule has 6 aliphatic rings. The lowest BCUT2D eigenvalue weighted by Gasteiger charge is -2.58. The number of hydrogen-bond donors (Lipinski definition) is 3. The average molecular weight is 565 g/mol. The second-order valence-corrected chi connectivity index (χ2v) is 12.6. The number of cyclic esters (lactones) is 1.